The van der Waals surface area contributed by atoms with E-state index in [1.165, 1.54) is 46.4 Å². The van der Waals surface area contributed by atoms with Crippen LogP contribution in [0.5, 0.6) is 0 Å². The Balaban J connectivity index is 1.87. The highest BCUT2D eigenvalue weighted by atomic mass is 16.2. The van der Waals surface area contributed by atoms with Crippen LogP contribution in [0, 0.1) is 0 Å². The van der Waals surface area contributed by atoms with Gasteiger partial charge in [0.1, 0.15) is 0 Å². The number of hydrogen-bond acceptors (Lipinski definition) is 1. The minimum atomic E-state index is -0.321. The lowest BCUT2D eigenvalue weighted by molar-refractivity contribution is 0.615. The first-order chi connectivity index (χ1) is 13.4. The molecular weight excluding hydrogens is 327 g/mol. The lowest BCUT2D eigenvalue weighted by atomic mass is 9.70. The number of fused-ring (bicyclic) bond motifs is 10. The molecule has 1 radical (unpaired) electrons. The standard InChI is InChI=1S/C25H16BO/c27-26-23-15-7-14-22-24(23)18-10-3-6-13-21(18)25(22)19-11-4-1-8-16(19)17-9-2-5-12-20(17)25/h1-15,27H. The molecular formula is C25H16BO. The molecule has 0 fully saturated rings. The first-order valence-corrected chi connectivity index (χ1v) is 9.27. The van der Waals surface area contributed by atoms with Gasteiger partial charge in [-0.05, 0) is 50.0 Å². The summed E-state index contributed by atoms with van der Waals surface area (Å²) < 4.78 is 0. The van der Waals surface area contributed by atoms with Crippen molar-refractivity contribution in [2.75, 3.05) is 0 Å². The summed E-state index contributed by atoms with van der Waals surface area (Å²) in [4.78, 5) is 0. The normalized spacial score (nSPS) is 14.4. The minimum absolute atomic E-state index is 0.321. The molecule has 0 heterocycles. The third-order valence-corrected chi connectivity index (χ3v) is 6.19. The second kappa shape index (κ2) is 5.22. The molecule has 6 rings (SSSR count). The van der Waals surface area contributed by atoms with Crippen LogP contribution < -0.4 is 5.46 Å². The highest BCUT2D eigenvalue weighted by Gasteiger charge is 2.51. The van der Waals surface area contributed by atoms with Crippen molar-refractivity contribution >= 4 is 12.9 Å². The smallest absolute Gasteiger partial charge is 0.327 e. The van der Waals surface area contributed by atoms with E-state index in [0.29, 0.717) is 0 Å². The molecule has 1 spiro atoms. The molecule has 4 aromatic carbocycles. The maximum atomic E-state index is 9.92. The van der Waals surface area contributed by atoms with E-state index in [2.05, 4.69) is 84.9 Å². The van der Waals surface area contributed by atoms with Crippen LogP contribution in [0.3, 0.4) is 0 Å². The van der Waals surface area contributed by atoms with Crippen molar-refractivity contribution in [1.82, 2.24) is 0 Å². The van der Waals surface area contributed by atoms with Crippen molar-refractivity contribution in [2.24, 2.45) is 0 Å². The van der Waals surface area contributed by atoms with Gasteiger partial charge in [0, 0.05) is 0 Å². The zero-order chi connectivity index (χ0) is 18.0. The van der Waals surface area contributed by atoms with Crippen LogP contribution in [0.25, 0.3) is 22.3 Å². The van der Waals surface area contributed by atoms with Crippen LogP contribution in [0.4, 0.5) is 0 Å². The molecule has 0 aromatic heterocycles. The van der Waals surface area contributed by atoms with Gasteiger partial charge < -0.3 is 5.02 Å². The lowest BCUT2D eigenvalue weighted by Crippen LogP contribution is -2.27. The predicted octanol–water partition coefficient (Wildman–Crippen LogP) is 4.27. The summed E-state index contributed by atoms with van der Waals surface area (Å²) in [5.41, 5.74) is 10.7. The molecule has 125 valence electrons. The maximum Gasteiger partial charge on any atom is 0.327 e. The first-order valence-electron chi connectivity index (χ1n) is 9.27. The van der Waals surface area contributed by atoms with Gasteiger partial charge in [-0.15, -0.1) is 0 Å². The number of rotatable bonds is 1. The van der Waals surface area contributed by atoms with E-state index < -0.39 is 0 Å². The van der Waals surface area contributed by atoms with Crippen LogP contribution >= 0.6 is 0 Å². The third-order valence-electron chi connectivity index (χ3n) is 6.19. The number of benzene rings is 4. The van der Waals surface area contributed by atoms with E-state index in [1.54, 1.807) is 0 Å². The van der Waals surface area contributed by atoms with E-state index in [9.17, 15) is 5.02 Å². The Bertz CT molecular complexity index is 1180. The summed E-state index contributed by atoms with van der Waals surface area (Å²) >= 11 is 0. The van der Waals surface area contributed by atoms with Crippen molar-refractivity contribution < 1.29 is 5.02 Å². The zero-order valence-electron chi connectivity index (χ0n) is 14.7. The fraction of sp³-hybridized carbons (Fsp3) is 0.0400. The van der Waals surface area contributed by atoms with Gasteiger partial charge in [0.2, 0.25) is 0 Å². The van der Waals surface area contributed by atoms with E-state index in [-0.39, 0.29) is 5.41 Å². The average molecular weight is 343 g/mol. The van der Waals surface area contributed by atoms with E-state index >= 15 is 0 Å². The molecule has 0 unspecified atom stereocenters. The molecule has 0 atom stereocenters. The molecule has 1 nitrogen and oxygen atoms in total. The van der Waals surface area contributed by atoms with Crippen LogP contribution in [-0.2, 0) is 5.41 Å². The van der Waals surface area contributed by atoms with Gasteiger partial charge in [-0.25, -0.2) is 0 Å². The van der Waals surface area contributed by atoms with Crippen molar-refractivity contribution in [3.05, 3.63) is 113 Å². The molecule has 0 bridgehead atoms. The SMILES string of the molecule is O[B]c1cccc2c1-c1ccccc1C21c2ccccc2-c2ccccc21. The summed E-state index contributed by atoms with van der Waals surface area (Å²) in [6.07, 6.45) is 0. The Morgan fingerprint density at radius 2 is 1.00 bits per heavy atom. The topological polar surface area (TPSA) is 20.2 Å². The van der Waals surface area contributed by atoms with Crippen molar-refractivity contribution in [2.45, 2.75) is 5.41 Å². The van der Waals surface area contributed by atoms with Crippen LogP contribution in [0.15, 0.2) is 91.0 Å². The molecule has 1 N–H and O–H groups in total. The first kappa shape index (κ1) is 15.0. The van der Waals surface area contributed by atoms with Crippen LogP contribution in [-0.4, -0.2) is 12.5 Å². The average Bonchev–Trinajstić information content (AvgIpc) is 3.21. The highest BCUT2D eigenvalue weighted by molar-refractivity contribution is 6.48. The zero-order valence-corrected chi connectivity index (χ0v) is 14.7. The molecule has 0 amide bonds. The van der Waals surface area contributed by atoms with E-state index in [4.69, 9.17) is 0 Å². The molecule has 2 aliphatic carbocycles. The summed E-state index contributed by atoms with van der Waals surface area (Å²) in [7, 11) is 1.24. The second-order valence-electron chi connectivity index (χ2n) is 7.29. The van der Waals surface area contributed by atoms with Gasteiger partial charge in [-0.3, -0.25) is 0 Å². The molecule has 27 heavy (non-hydrogen) atoms. The van der Waals surface area contributed by atoms with Crippen molar-refractivity contribution in [3.63, 3.8) is 0 Å². The van der Waals surface area contributed by atoms with Gasteiger partial charge in [0.15, 0.2) is 0 Å². The van der Waals surface area contributed by atoms with Gasteiger partial charge in [-0.1, -0.05) is 91.0 Å². The summed E-state index contributed by atoms with van der Waals surface area (Å²) in [6.45, 7) is 0. The van der Waals surface area contributed by atoms with Gasteiger partial charge in [0.05, 0.1) is 5.41 Å². The Morgan fingerprint density at radius 3 is 1.59 bits per heavy atom. The molecule has 0 saturated carbocycles. The fourth-order valence-corrected chi connectivity index (χ4v) is 5.28. The molecule has 0 saturated heterocycles. The van der Waals surface area contributed by atoms with Crippen LogP contribution in [0.2, 0.25) is 0 Å². The van der Waals surface area contributed by atoms with Crippen LogP contribution in [0.1, 0.15) is 22.3 Å². The van der Waals surface area contributed by atoms with E-state index in [1.807, 2.05) is 6.07 Å². The largest absolute Gasteiger partial charge is 0.450 e. The van der Waals surface area contributed by atoms with Crippen molar-refractivity contribution in [1.29, 1.82) is 0 Å². The summed E-state index contributed by atoms with van der Waals surface area (Å²) in [5, 5.41) is 9.92. The third kappa shape index (κ3) is 1.65. The molecule has 0 aliphatic heterocycles. The monoisotopic (exact) mass is 343 g/mol. The van der Waals surface area contributed by atoms with Gasteiger partial charge in [0.25, 0.3) is 0 Å². The molecule has 2 heteroatoms. The Morgan fingerprint density at radius 1 is 0.519 bits per heavy atom. The Hall–Kier alpha value is -3.10. The van der Waals surface area contributed by atoms with Crippen molar-refractivity contribution in [3.8, 4) is 22.3 Å². The summed E-state index contributed by atoms with van der Waals surface area (Å²) in [5.74, 6) is 0. The molecule has 2 aliphatic rings. The second-order valence-corrected chi connectivity index (χ2v) is 7.29. The fourth-order valence-electron chi connectivity index (χ4n) is 5.28. The maximum absolute atomic E-state index is 9.92. The molecule has 4 aromatic rings. The quantitative estimate of drug-likeness (QED) is 0.442. The van der Waals surface area contributed by atoms with Gasteiger partial charge >= 0.3 is 7.48 Å². The van der Waals surface area contributed by atoms with Gasteiger partial charge in [-0.2, -0.15) is 0 Å². The Labute approximate surface area is 159 Å². The minimum Gasteiger partial charge on any atom is -0.450 e. The number of hydrogen-bond donors (Lipinski definition) is 1. The Kier molecular flexibility index (Phi) is 2.90. The lowest BCUT2D eigenvalue weighted by Gasteiger charge is -2.30. The predicted molar refractivity (Wildman–Crippen MR) is 110 cm³/mol. The summed E-state index contributed by atoms with van der Waals surface area (Å²) in [6, 6.07) is 32.4. The highest BCUT2D eigenvalue weighted by Crippen LogP contribution is 2.62. The van der Waals surface area contributed by atoms with E-state index in [0.717, 1.165) is 11.0 Å².